The summed E-state index contributed by atoms with van der Waals surface area (Å²) in [4.78, 5) is 0. The van der Waals surface area contributed by atoms with Crippen LogP contribution in [-0.4, -0.2) is 0 Å². The van der Waals surface area contributed by atoms with E-state index >= 15 is 0 Å². The van der Waals surface area contributed by atoms with E-state index in [4.69, 9.17) is 0 Å². The first-order valence-corrected chi connectivity index (χ1v) is 17.1. The van der Waals surface area contributed by atoms with Gasteiger partial charge in [-0.2, -0.15) is 0 Å². The first kappa shape index (κ1) is 30.8. The third kappa shape index (κ3) is 5.51. The largest absolute Gasteiger partial charge is 1.00 e. The standard InChI is InChI=1S/C24H25.C13H11.2ClH.Zr/c1-4-16-12-9-13-19-15-22-21(18-10-7-8-11-18)14-17(5-2)20(6-3)24(22)23(16)19;1-3-7-12(8-4-1)11-13-9-5-2-6-10-13;;;/h7-10,12-15H,4-6,11H2,1-3H3;1-11H;2*1H;/q;;;;+2/p-2. The minimum atomic E-state index is -1.07. The topological polar surface area (TPSA) is 0 Å². The summed E-state index contributed by atoms with van der Waals surface area (Å²) in [7, 11) is 0. The maximum Gasteiger partial charge on any atom is -1.00 e. The van der Waals surface area contributed by atoms with E-state index in [1.54, 1.807) is 33.4 Å². The average molecular weight is 643 g/mol. The second-order valence-electron chi connectivity index (χ2n) is 10.5. The Labute approximate surface area is 264 Å². The number of hydrogen-bond donors (Lipinski definition) is 0. The Hall–Kier alpha value is -2.18. The molecule has 0 fully saturated rings. The maximum atomic E-state index is 2.58. The summed E-state index contributed by atoms with van der Waals surface area (Å²) in [5, 5.41) is 0. The second kappa shape index (κ2) is 13.7. The normalized spacial score (nSPS) is 14.6. The van der Waals surface area contributed by atoms with Crippen molar-refractivity contribution in [1.29, 1.82) is 0 Å². The van der Waals surface area contributed by atoms with Crippen LogP contribution in [0.15, 0.2) is 103 Å². The predicted molar refractivity (Wildman–Crippen MR) is 158 cm³/mol. The average Bonchev–Trinajstić information content (AvgIpc) is 3.63. The first-order valence-electron chi connectivity index (χ1n) is 14.3. The fraction of sp³-hybridized carbons (Fsp3) is 0.243. The van der Waals surface area contributed by atoms with Crippen molar-refractivity contribution in [3.8, 4) is 11.1 Å². The molecule has 0 amide bonds. The summed E-state index contributed by atoms with van der Waals surface area (Å²) < 4.78 is 1.04. The van der Waals surface area contributed by atoms with Crippen LogP contribution in [0, 0.1) is 0 Å². The van der Waals surface area contributed by atoms with Crippen molar-refractivity contribution in [2.45, 2.75) is 53.7 Å². The zero-order valence-corrected chi connectivity index (χ0v) is 27.5. The van der Waals surface area contributed by atoms with Gasteiger partial charge in [0.15, 0.2) is 0 Å². The molecule has 6 rings (SSSR count). The van der Waals surface area contributed by atoms with Crippen LogP contribution in [-0.2, 0) is 42.5 Å². The van der Waals surface area contributed by atoms with E-state index in [-0.39, 0.29) is 24.8 Å². The molecule has 1 unspecified atom stereocenters. The number of hydrogen-bond acceptors (Lipinski definition) is 0. The third-order valence-corrected chi connectivity index (χ3v) is 13.2. The van der Waals surface area contributed by atoms with E-state index in [0.717, 1.165) is 25.7 Å². The van der Waals surface area contributed by atoms with Gasteiger partial charge in [0.25, 0.3) is 0 Å². The molecule has 3 heteroatoms. The van der Waals surface area contributed by atoms with Crippen LogP contribution < -0.4 is 24.8 Å². The second-order valence-corrected chi connectivity index (χ2v) is 14.1. The van der Waals surface area contributed by atoms with E-state index < -0.39 is 23.2 Å². The molecule has 0 bridgehead atoms. The SMILES string of the molecule is CCc1cc(C2=CC=CC2)c2c(c1CC)-c1c(CC)cccc1[CH]2[Zr+2][CH](c1ccccc1)c1ccccc1.[Cl-].[Cl-]. The van der Waals surface area contributed by atoms with Gasteiger partial charge in [-0.25, -0.2) is 0 Å². The fourth-order valence-corrected chi connectivity index (χ4v) is 11.5. The maximum absolute atomic E-state index is 2.58. The summed E-state index contributed by atoms with van der Waals surface area (Å²) in [6.45, 7) is 7.03. The zero-order chi connectivity index (χ0) is 26.1. The van der Waals surface area contributed by atoms with Gasteiger partial charge < -0.3 is 24.8 Å². The first-order chi connectivity index (χ1) is 18.7. The minimum Gasteiger partial charge on any atom is -1.00 e. The van der Waals surface area contributed by atoms with Gasteiger partial charge in [-0.05, 0) is 0 Å². The van der Waals surface area contributed by atoms with Crippen molar-refractivity contribution in [1.82, 2.24) is 0 Å². The van der Waals surface area contributed by atoms with Crippen molar-refractivity contribution < 1.29 is 48.0 Å². The van der Waals surface area contributed by atoms with Crippen LogP contribution in [0.5, 0.6) is 0 Å². The Morgan fingerprint density at radius 1 is 0.725 bits per heavy atom. The van der Waals surface area contributed by atoms with Gasteiger partial charge in [0.05, 0.1) is 0 Å². The van der Waals surface area contributed by atoms with Gasteiger partial charge in [-0.15, -0.1) is 0 Å². The molecule has 0 spiro atoms. The molecule has 0 aliphatic heterocycles. The van der Waals surface area contributed by atoms with E-state index in [1.165, 1.54) is 27.8 Å². The number of allylic oxidation sites excluding steroid dienone is 4. The third-order valence-electron chi connectivity index (χ3n) is 8.43. The summed E-state index contributed by atoms with van der Waals surface area (Å²) >= 11 is -1.07. The molecule has 0 heterocycles. The van der Waals surface area contributed by atoms with Crippen LogP contribution in [0.4, 0.5) is 0 Å². The summed E-state index contributed by atoms with van der Waals surface area (Å²) in [6, 6.07) is 32.4. The number of rotatable bonds is 8. The van der Waals surface area contributed by atoms with E-state index in [0.29, 0.717) is 7.25 Å². The number of aryl methyl sites for hydroxylation is 2. The number of halogens is 2. The van der Waals surface area contributed by atoms with E-state index in [9.17, 15) is 0 Å². The number of fused-ring (bicyclic) bond motifs is 3. The number of benzene rings is 4. The predicted octanol–water partition coefficient (Wildman–Crippen LogP) is 3.67. The van der Waals surface area contributed by atoms with Gasteiger partial charge in [-0.3, -0.25) is 0 Å². The molecule has 2 aliphatic rings. The molecule has 4 aromatic rings. The molecular formula is C37H36Cl2Zr. The molecule has 202 valence electrons. The molecule has 0 N–H and O–H groups in total. The molecular weight excluding hydrogens is 607 g/mol. The molecule has 1 atom stereocenters. The molecule has 40 heavy (non-hydrogen) atoms. The molecule has 0 aromatic heterocycles. The van der Waals surface area contributed by atoms with Crippen LogP contribution in [0.25, 0.3) is 16.7 Å². The zero-order valence-electron chi connectivity index (χ0n) is 23.6. The Bertz CT molecular complexity index is 1480. The fourth-order valence-electron chi connectivity index (χ4n) is 6.65. The summed E-state index contributed by atoms with van der Waals surface area (Å²) in [5.41, 5.74) is 17.1. The van der Waals surface area contributed by atoms with Crippen LogP contribution in [0.3, 0.4) is 0 Å². The minimum absolute atomic E-state index is 0. The van der Waals surface area contributed by atoms with Crippen LogP contribution >= 0.6 is 0 Å². The van der Waals surface area contributed by atoms with Crippen LogP contribution in [0.1, 0.15) is 79.0 Å². The van der Waals surface area contributed by atoms with Crippen molar-refractivity contribution in [3.63, 3.8) is 0 Å². The van der Waals surface area contributed by atoms with Gasteiger partial charge in [0.1, 0.15) is 0 Å². The van der Waals surface area contributed by atoms with Crippen molar-refractivity contribution >= 4 is 5.57 Å². The Balaban J connectivity index is 0.00000185. The molecule has 0 radical (unpaired) electrons. The van der Waals surface area contributed by atoms with Gasteiger partial charge in [-0.1, -0.05) is 0 Å². The monoisotopic (exact) mass is 640 g/mol. The molecule has 0 saturated heterocycles. The van der Waals surface area contributed by atoms with E-state index in [1.807, 2.05) is 0 Å². The van der Waals surface area contributed by atoms with Gasteiger partial charge >= 0.3 is 241 Å². The summed E-state index contributed by atoms with van der Waals surface area (Å²) in [5.74, 6) is 0. The molecule has 0 saturated carbocycles. The smallest absolute Gasteiger partial charge is 1.00 e. The van der Waals surface area contributed by atoms with Crippen molar-refractivity contribution in [2.75, 3.05) is 0 Å². The molecule has 4 aromatic carbocycles. The molecule has 0 nitrogen and oxygen atoms in total. The van der Waals surface area contributed by atoms with Gasteiger partial charge in [0.2, 0.25) is 0 Å². The van der Waals surface area contributed by atoms with Crippen molar-refractivity contribution in [2.24, 2.45) is 0 Å². The molecule has 2 aliphatic carbocycles. The van der Waals surface area contributed by atoms with Crippen LogP contribution in [0.2, 0.25) is 0 Å². The Morgan fingerprint density at radius 2 is 1.38 bits per heavy atom. The van der Waals surface area contributed by atoms with Crippen molar-refractivity contribution in [3.05, 3.63) is 148 Å². The Morgan fingerprint density at radius 3 is 1.93 bits per heavy atom. The summed E-state index contributed by atoms with van der Waals surface area (Å²) in [6.07, 6.45) is 11.3. The van der Waals surface area contributed by atoms with Gasteiger partial charge in [0, 0.05) is 0 Å². The quantitative estimate of drug-likeness (QED) is 0.276. The Kier molecular flexibility index (Phi) is 10.5. The van der Waals surface area contributed by atoms with E-state index in [2.05, 4.69) is 124 Å².